The van der Waals surface area contributed by atoms with Crippen LogP contribution in [0.5, 0.6) is 0 Å². The SMILES string of the molecule is CCC1CCCC(C(=O)Cc2ccc(F)cc2C)C1. The molecule has 2 heteroatoms. The molecule has 2 rings (SSSR count). The third-order valence-corrected chi connectivity index (χ3v) is 4.48. The predicted molar refractivity (Wildman–Crippen MR) is 75.6 cm³/mol. The zero-order chi connectivity index (χ0) is 13.8. The van der Waals surface area contributed by atoms with Gasteiger partial charge >= 0.3 is 0 Å². The lowest BCUT2D eigenvalue weighted by Crippen LogP contribution is -2.24. The van der Waals surface area contributed by atoms with Gasteiger partial charge in [0.15, 0.2) is 0 Å². The van der Waals surface area contributed by atoms with Crippen molar-refractivity contribution in [3.63, 3.8) is 0 Å². The van der Waals surface area contributed by atoms with Gasteiger partial charge in [0.05, 0.1) is 0 Å². The predicted octanol–water partition coefficient (Wildman–Crippen LogP) is 4.46. The van der Waals surface area contributed by atoms with Gasteiger partial charge in [-0.25, -0.2) is 4.39 Å². The van der Waals surface area contributed by atoms with Crippen molar-refractivity contribution in [1.29, 1.82) is 0 Å². The molecule has 2 atom stereocenters. The zero-order valence-corrected chi connectivity index (χ0v) is 11.9. The molecule has 1 fully saturated rings. The Balaban J connectivity index is 2.00. The Labute approximate surface area is 115 Å². The minimum atomic E-state index is -0.225. The van der Waals surface area contributed by atoms with Crippen LogP contribution in [0.15, 0.2) is 18.2 Å². The number of ketones is 1. The number of rotatable bonds is 4. The number of Topliss-reactive ketones (excluding diaryl/α,β-unsaturated/α-hetero) is 1. The third-order valence-electron chi connectivity index (χ3n) is 4.48. The van der Waals surface area contributed by atoms with Crippen LogP contribution in [0.3, 0.4) is 0 Å². The minimum Gasteiger partial charge on any atom is -0.299 e. The zero-order valence-electron chi connectivity index (χ0n) is 11.9. The van der Waals surface area contributed by atoms with Crippen LogP contribution < -0.4 is 0 Å². The molecule has 1 aromatic carbocycles. The fraction of sp³-hybridized carbons (Fsp3) is 0.588. The molecule has 1 aromatic rings. The van der Waals surface area contributed by atoms with Gasteiger partial charge in [0.2, 0.25) is 0 Å². The van der Waals surface area contributed by atoms with E-state index in [1.54, 1.807) is 6.07 Å². The van der Waals surface area contributed by atoms with Crippen molar-refractivity contribution < 1.29 is 9.18 Å². The number of carbonyl (C=O) groups excluding carboxylic acids is 1. The fourth-order valence-corrected chi connectivity index (χ4v) is 3.14. The smallest absolute Gasteiger partial charge is 0.140 e. The van der Waals surface area contributed by atoms with Crippen molar-refractivity contribution >= 4 is 5.78 Å². The number of benzene rings is 1. The molecule has 0 N–H and O–H groups in total. The lowest BCUT2D eigenvalue weighted by molar-refractivity contribution is -0.123. The van der Waals surface area contributed by atoms with Crippen molar-refractivity contribution in [3.8, 4) is 0 Å². The van der Waals surface area contributed by atoms with E-state index in [9.17, 15) is 9.18 Å². The Bertz CT molecular complexity index is 453. The van der Waals surface area contributed by atoms with Gasteiger partial charge in [-0.1, -0.05) is 32.3 Å². The first-order chi connectivity index (χ1) is 9.10. The normalized spacial score (nSPS) is 23.3. The van der Waals surface area contributed by atoms with Crippen molar-refractivity contribution in [2.24, 2.45) is 11.8 Å². The second-order valence-electron chi connectivity index (χ2n) is 5.85. The summed E-state index contributed by atoms with van der Waals surface area (Å²) in [5, 5.41) is 0. The number of halogens is 1. The van der Waals surface area contributed by atoms with Crippen LogP contribution in [-0.2, 0) is 11.2 Å². The molecule has 1 saturated carbocycles. The molecule has 0 amide bonds. The Kier molecular flexibility index (Phi) is 4.73. The molecule has 104 valence electrons. The Hall–Kier alpha value is -1.18. The van der Waals surface area contributed by atoms with Gasteiger partial charge in [0.1, 0.15) is 11.6 Å². The molecule has 0 aromatic heterocycles. The van der Waals surface area contributed by atoms with E-state index in [1.807, 2.05) is 6.92 Å². The summed E-state index contributed by atoms with van der Waals surface area (Å²) in [7, 11) is 0. The molecule has 1 nitrogen and oxygen atoms in total. The number of hydrogen-bond acceptors (Lipinski definition) is 1. The second kappa shape index (κ2) is 6.31. The van der Waals surface area contributed by atoms with Crippen molar-refractivity contribution in [2.75, 3.05) is 0 Å². The van der Waals surface area contributed by atoms with Crippen LogP contribution in [0.4, 0.5) is 4.39 Å². The number of carbonyl (C=O) groups is 1. The van der Waals surface area contributed by atoms with Gasteiger partial charge in [-0.15, -0.1) is 0 Å². The van der Waals surface area contributed by atoms with Crippen LogP contribution in [0.25, 0.3) is 0 Å². The van der Waals surface area contributed by atoms with E-state index in [1.165, 1.54) is 31.4 Å². The molecule has 19 heavy (non-hydrogen) atoms. The highest BCUT2D eigenvalue weighted by Crippen LogP contribution is 2.32. The largest absolute Gasteiger partial charge is 0.299 e. The standard InChI is InChI=1S/C17H23FO/c1-3-13-5-4-6-15(10-13)17(19)11-14-7-8-16(18)9-12(14)2/h7-9,13,15H,3-6,10-11H2,1-2H3. The van der Waals surface area contributed by atoms with E-state index >= 15 is 0 Å². The average Bonchev–Trinajstić information content (AvgIpc) is 2.42. The van der Waals surface area contributed by atoms with E-state index in [4.69, 9.17) is 0 Å². The van der Waals surface area contributed by atoms with Crippen LogP contribution >= 0.6 is 0 Å². The molecule has 1 aliphatic carbocycles. The maximum absolute atomic E-state index is 13.1. The maximum atomic E-state index is 13.1. The van der Waals surface area contributed by atoms with Gasteiger partial charge in [0, 0.05) is 12.3 Å². The second-order valence-corrected chi connectivity index (χ2v) is 5.85. The van der Waals surface area contributed by atoms with E-state index in [-0.39, 0.29) is 11.7 Å². The molecule has 1 aliphatic rings. The van der Waals surface area contributed by atoms with Crippen molar-refractivity contribution in [3.05, 3.63) is 35.1 Å². The van der Waals surface area contributed by atoms with E-state index in [0.717, 1.165) is 29.9 Å². The summed E-state index contributed by atoms with van der Waals surface area (Å²) in [6, 6.07) is 4.71. The van der Waals surface area contributed by atoms with Gasteiger partial charge in [0.25, 0.3) is 0 Å². The highest BCUT2D eigenvalue weighted by Gasteiger charge is 2.26. The monoisotopic (exact) mass is 262 g/mol. The first-order valence-corrected chi connectivity index (χ1v) is 7.38. The van der Waals surface area contributed by atoms with Crippen molar-refractivity contribution in [1.82, 2.24) is 0 Å². The quantitative estimate of drug-likeness (QED) is 0.783. The number of aryl methyl sites for hydroxylation is 1. The first-order valence-electron chi connectivity index (χ1n) is 7.38. The summed E-state index contributed by atoms with van der Waals surface area (Å²) in [4.78, 5) is 12.4. The average molecular weight is 262 g/mol. The van der Waals surface area contributed by atoms with E-state index in [2.05, 4.69) is 6.92 Å². The van der Waals surface area contributed by atoms with Crippen LogP contribution in [0.2, 0.25) is 0 Å². The van der Waals surface area contributed by atoms with Crippen LogP contribution in [0, 0.1) is 24.6 Å². The summed E-state index contributed by atoms with van der Waals surface area (Å²) < 4.78 is 13.1. The van der Waals surface area contributed by atoms with E-state index < -0.39 is 0 Å². The van der Waals surface area contributed by atoms with Gasteiger partial charge in [-0.2, -0.15) is 0 Å². The third kappa shape index (κ3) is 3.65. The maximum Gasteiger partial charge on any atom is 0.140 e. The van der Waals surface area contributed by atoms with Crippen LogP contribution in [-0.4, -0.2) is 5.78 Å². The molecule has 0 radical (unpaired) electrons. The topological polar surface area (TPSA) is 17.1 Å². The highest BCUT2D eigenvalue weighted by atomic mass is 19.1. The molecule has 0 spiro atoms. The number of hydrogen-bond donors (Lipinski definition) is 0. The lowest BCUT2D eigenvalue weighted by atomic mass is 9.77. The summed E-state index contributed by atoms with van der Waals surface area (Å²) in [6.07, 6.45) is 6.19. The van der Waals surface area contributed by atoms with Crippen LogP contribution in [0.1, 0.15) is 50.2 Å². The molecule has 0 bridgehead atoms. The van der Waals surface area contributed by atoms with Gasteiger partial charge < -0.3 is 0 Å². The minimum absolute atomic E-state index is 0.225. The summed E-state index contributed by atoms with van der Waals surface area (Å²) >= 11 is 0. The lowest BCUT2D eigenvalue weighted by Gasteiger charge is -2.27. The Morgan fingerprint density at radius 3 is 2.84 bits per heavy atom. The molecule has 0 aliphatic heterocycles. The molecular formula is C17H23FO. The van der Waals surface area contributed by atoms with Crippen molar-refractivity contribution in [2.45, 2.75) is 52.4 Å². The first kappa shape index (κ1) is 14.2. The van der Waals surface area contributed by atoms with Gasteiger partial charge in [-0.3, -0.25) is 4.79 Å². The summed E-state index contributed by atoms with van der Waals surface area (Å²) in [5.74, 6) is 1.06. The summed E-state index contributed by atoms with van der Waals surface area (Å²) in [5.41, 5.74) is 1.86. The fourth-order valence-electron chi connectivity index (χ4n) is 3.14. The molecular weight excluding hydrogens is 239 g/mol. The summed E-state index contributed by atoms with van der Waals surface area (Å²) in [6.45, 7) is 4.09. The Morgan fingerprint density at radius 1 is 1.37 bits per heavy atom. The Morgan fingerprint density at radius 2 is 2.16 bits per heavy atom. The van der Waals surface area contributed by atoms with Gasteiger partial charge in [-0.05, 0) is 48.9 Å². The van der Waals surface area contributed by atoms with E-state index in [0.29, 0.717) is 12.2 Å². The highest BCUT2D eigenvalue weighted by molar-refractivity contribution is 5.83. The molecule has 0 heterocycles. The molecule has 2 unspecified atom stereocenters. The molecule has 0 saturated heterocycles.